The summed E-state index contributed by atoms with van der Waals surface area (Å²) in [5.41, 5.74) is 0. The van der Waals surface area contributed by atoms with Gasteiger partial charge in [-0.05, 0) is 77.0 Å². The van der Waals surface area contributed by atoms with Crippen LogP contribution in [0.3, 0.4) is 0 Å². The Kier molecular flexibility index (Phi) is 60.2. The number of esters is 3. The molecule has 0 amide bonds. The van der Waals surface area contributed by atoms with E-state index in [0.29, 0.717) is 19.3 Å². The Bertz CT molecular complexity index is 1220. The lowest BCUT2D eigenvalue weighted by molar-refractivity contribution is -0.167. The molecule has 428 valence electrons. The van der Waals surface area contributed by atoms with E-state index in [-0.39, 0.29) is 31.1 Å². The molecule has 73 heavy (non-hydrogen) atoms. The van der Waals surface area contributed by atoms with Crippen molar-refractivity contribution in [3.05, 3.63) is 36.5 Å². The summed E-state index contributed by atoms with van der Waals surface area (Å²) in [6.07, 6.45) is 75.9. The molecule has 6 heteroatoms. The highest BCUT2D eigenvalue weighted by Crippen LogP contribution is 2.17. The molecule has 0 aromatic carbocycles. The molecule has 6 nitrogen and oxygen atoms in total. The number of hydrogen-bond acceptors (Lipinski definition) is 6. The number of rotatable bonds is 60. The van der Waals surface area contributed by atoms with Gasteiger partial charge in [0, 0.05) is 19.3 Å². The van der Waals surface area contributed by atoms with E-state index in [1.807, 2.05) is 0 Å². The van der Waals surface area contributed by atoms with Gasteiger partial charge in [-0.2, -0.15) is 0 Å². The molecular weight excluding hydrogens is 901 g/mol. The van der Waals surface area contributed by atoms with Gasteiger partial charge in [-0.15, -0.1) is 0 Å². The second-order valence-corrected chi connectivity index (χ2v) is 22.0. The highest BCUT2D eigenvalue weighted by molar-refractivity contribution is 5.71. The Labute approximate surface area is 455 Å². The van der Waals surface area contributed by atoms with Gasteiger partial charge in [0.1, 0.15) is 13.2 Å². The van der Waals surface area contributed by atoms with E-state index in [9.17, 15) is 14.4 Å². The van der Waals surface area contributed by atoms with E-state index < -0.39 is 6.10 Å². The highest BCUT2D eigenvalue weighted by Gasteiger charge is 2.19. The molecule has 0 fully saturated rings. The van der Waals surface area contributed by atoms with Gasteiger partial charge in [0.2, 0.25) is 0 Å². The smallest absolute Gasteiger partial charge is 0.306 e. The summed E-state index contributed by atoms with van der Waals surface area (Å²) < 4.78 is 16.9. The molecule has 0 aliphatic rings. The molecular formula is C67H124O6. The molecule has 0 aromatic heterocycles. The number of carbonyl (C=O) groups excluding carboxylic acids is 3. The molecule has 0 saturated heterocycles. The van der Waals surface area contributed by atoms with Gasteiger partial charge in [0.05, 0.1) is 0 Å². The van der Waals surface area contributed by atoms with Crippen LogP contribution in [-0.4, -0.2) is 37.2 Å². The first-order valence-corrected chi connectivity index (χ1v) is 32.5. The zero-order valence-corrected chi connectivity index (χ0v) is 49.2. The number of unbranched alkanes of at least 4 members (excludes halogenated alkanes) is 43. The predicted molar refractivity (Wildman–Crippen MR) is 316 cm³/mol. The van der Waals surface area contributed by atoms with Gasteiger partial charge < -0.3 is 14.2 Å². The lowest BCUT2D eigenvalue weighted by atomic mass is 10.0. The first-order valence-electron chi connectivity index (χ1n) is 32.5. The van der Waals surface area contributed by atoms with Gasteiger partial charge >= 0.3 is 17.9 Å². The summed E-state index contributed by atoms with van der Waals surface area (Å²) in [4.78, 5) is 38.2. The Balaban J connectivity index is 4.16. The normalized spacial score (nSPS) is 12.2. The number of ether oxygens (including phenoxy) is 3. The van der Waals surface area contributed by atoms with Gasteiger partial charge in [-0.25, -0.2) is 0 Å². The van der Waals surface area contributed by atoms with E-state index in [1.54, 1.807) is 0 Å². The average Bonchev–Trinajstić information content (AvgIpc) is 3.39. The summed E-state index contributed by atoms with van der Waals surface area (Å²) >= 11 is 0. The topological polar surface area (TPSA) is 78.9 Å². The molecule has 0 spiro atoms. The SMILES string of the molecule is CCCCCC/C=C\C/C=C\CCCCCCCCCC(=O)OC(COC(=O)CCCCCCCCCCCC)COC(=O)CCCCCCCCCCCCCCCCC/C=C\CCCCCCCCCC. The van der Waals surface area contributed by atoms with Crippen molar-refractivity contribution in [1.82, 2.24) is 0 Å². The minimum atomic E-state index is -0.773. The molecule has 1 atom stereocenters. The molecule has 0 saturated carbocycles. The van der Waals surface area contributed by atoms with E-state index in [4.69, 9.17) is 14.2 Å². The lowest BCUT2D eigenvalue weighted by Gasteiger charge is -2.18. The van der Waals surface area contributed by atoms with Crippen LogP contribution >= 0.6 is 0 Å². The van der Waals surface area contributed by atoms with Crippen molar-refractivity contribution < 1.29 is 28.6 Å². The monoisotopic (exact) mass is 1020 g/mol. The first-order chi connectivity index (χ1) is 36.0. The zero-order valence-electron chi connectivity index (χ0n) is 49.2. The third-order valence-electron chi connectivity index (χ3n) is 14.6. The van der Waals surface area contributed by atoms with E-state index in [2.05, 4.69) is 57.2 Å². The Hall–Kier alpha value is -2.37. The van der Waals surface area contributed by atoms with Gasteiger partial charge in [0.15, 0.2) is 6.10 Å². The first kappa shape index (κ1) is 70.6. The molecule has 0 aromatic rings. The molecule has 0 radical (unpaired) electrons. The highest BCUT2D eigenvalue weighted by atomic mass is 16.6. The van der Waals surface area contributed by atoms with Crippen LogP contribution in [-0.2, 0) is 28.6 Å². The summed E-state index contributed by atoms with van der Waals surface area (Å²) in [6.45, 7) is 6.66. The predicted octanol–water partition coefficient (Wildman–Crippen LogP) is 22.0. The minimum Gasteiger partial charge on any atom is -0.462 e. The molecule has 1 unspecified atom stereocenters. The molecule has 0 N–H and O–H groups in total. The fourth-order valence-corrected chi connectivity index (χ4v) is 9.71. The largest absolute Gasteiger partial charge is 0.462 e. The maximum atomic E-state index is 12.9. The summed E-state index contributed by atoms with van der Waals surface area (Å²) in [7, 11) is 0. The maximum absolute atomic E-state index is 12.9. The van der Waals surface area contributed by atoms with Crippen LogP contribution in [0.2, 0.25) is 0 Å². The van der Waals surface area contributed by atoms with Crippen LogP contribution in [0.1, 0.15) is 355 Å². The summed E-state index contributed by atoms with van der Waals surface area (Å²) in [5.74, 6) is -0.859. The van der Waals surface area contributed by atoms with Crippen molar-refractivity contribution >= 4 is 17.9 Å². The van der Waals surface area contributed by atoms with Crippen LogP contribution in [0, 0.1) is 0 Å². The van der Waals surface area contributed by atoms with Crippen LogP contribution in [0.15, 0.2) is 36.5 Å². The van der Waals surface area contributed by atoms with Crippen LogP contribution in [0.4, 0.5) is 0 Å². The molecule has 0 aliphatic heterocycles. The van der Waals surface area contributed by atoms with Crippen LogP contribution < -0.4 is 0 Å². The second-order valence-electron chi connectivity index (χ2n) is 22.0. The van der Waals surface area contributed by atoms with Gasteiger partial charge in [-0.1, -0.05) is 295 Å². The number of allylic oxidation sites excluding steroid dienone is 6. The van der Waals surface area contributed by atoms with Crippen molar-refractivity contribution in [2.75, 3.05) is 13.2 Å². The van der Waals surface area contributed by atoms with Crippen molar-refractivity contribution in [1.29, 1.82) is 0 Å². The zero-order chi connectivity index (χ0) is 52.9. The van der Waals surface area contributed by atoms with Gasteiger partial charge in [-0.3, -0.25) is 14.4 Å². The Morgan fingerprint density at radius 2 is 0.493 bits per heavy atom. The third-order valence-corrected chi connectivity index (χ3v) is 14.6. The van der Waals surface area contributed by atoms with Gasteiger partial charge in [0.25, 0.3) is 0 Å². The quantitative estimate of drug-likeness (QED) is 0.0261. The third kappa shape index (κ3) is 60.4. The summed E-state index contributed by atoms with van der Waals surface area (Å²) in [5, 5.41) is 0. The molecule has 0 bridgehead atoms. The lowest BCUT2D eigenvalue weighted by Crippen LogP contribution is -2.30. The Morgan fingerprint density at radius 3 is 0.781 bits per heavy atom. The molecule has 0 heterocycles. The van der Waals surface area contributed by atoms with Crippen molar-refractivity contribution in [2.24, 2.45) is 0 Å². The maximum Gasteiger partial charge on any atom is 0.306 e. The summed E-state index contributed by atoms with van der Waals surface area (Å²) in [6, 6.07) is 0. The van der Waals surface area contributed by atoms with E-state index >= 15 is 0 Å². The molecule has 0 aliphatic carbocycles. The number of hydrogen-bond donors (Lipinski definition) is 0. The second kappa shape index (κ2) is 62.2. The van der Waals surface area contributed by atoms with Crippen molar-refractivity contribution in [2.45, 2.75) is 361 Å². The average molecular weight is 1030 g/mol. The van der Waals surface area contributed by atoms with Crippen LogP contribution in [0.5, 0.6) is 0 Å². The fraction of sp³-hybridized carbons (Fsp3) is 0.866. The minimum absolute atomic E-state index is 0.0710. The number of carbonyl (C=O) groups is 3. The Morgan fingerprint density at radius 1 is 0.274 bits per heavy atom. The van der Waals surface area contributed by atoms with Crippen molar-refractivity contribution in [3.63, 3.8) is 0 Å². The van der Waals surface area contributed by atoms with E-state index in [1.165, 1.54) is 244 Å². The van der Waals surface area contributed by atoms with E-state index in [0.717, 1.165) is 70.6 Å². The fourth-order valence-electron chi connectivity index (χ4n) is 9.71. The molecule has 0 rings (SSSR count). The standard InChI is InChI=1S/C67H124O6/c1-4-7-10-13-16-19-22-24-26-28-30-31-32-33-34-35-36-37-38-40-41-43-45-48-51-54-57-60-66(69)72-63-64(62-71-65(68)59-56-53-50-47-21-18-15-12-9-6-3)73-67(70)61-58-55-52-49-46-44-42-39-29-27-25-23-20-17-14-11-8-5-2/h20,23,27-30,64H,4-19,21-22,24-26,31-63H2,1-3H3/b23-20-,29-27-,30-28-. The van der Waals surface area contributed by atoms with Crippen molar-refractivity contribution in [3.8, 4) is 0 Å². The van der Waals surface area contributed by atoms with Crippen LogP contribution in [0.25, 0.3) is 0 Å².